The summed E-state index contributed by atoms with van der Waals surface area (Å²) in [5.74, 6) is 0. The molecule has 0 fully saturated rings. The normalized spacial score (nSPS) is 21.2. The third kappa shape index (κ3) is 1.57. The van der Waals surface area contributed by atoms with Gasteiger partial charge in [-0.1, -0.05) is 23.7 Å². The lowest BCUT2D eigenvalue weighted by molar-refractivity contribution is 0.0241. The number of hydrogen-bond acceptors (Lipinski definition) is 2. The van der Waals surface area contributed by atoms with E-state index in [1.807, 2.05) is 19.2 Å². The van der Waals surface area contributed by atoms with Crippen molar-refractivity contribution < 1.29 is 4.74 Å². The molecule has 0 unspecified atom stereocenters. The van der Waals surface area contributed by atoms with Gasteiger partial charge in [-0.25, -0.2) is 0 Å². The summed E-state index contributed by atoms with van der Waals surface area (Å²) in [5, 5.41) is 3.88. The smallest absolute Gasteiger partial charge is 0.135 e. The van der Waals surface area contributed by atoms with Gasteiger partial charge in [0.1, 0.15) is 6.23 Å². The van der Waals surface area contributed by atoms with Crippen molar-refractivity contribution in [2.45, 2.75) is 12.6 Å². The minimum Gasteiger partial charge on any atom is -0.359 e. The summed E-state index contributed by atoms with van der Waals surface area (Å²) in [4.78, 5) is 0. The van der Waals surface area contributed by atoms with E-state index in [0.717, 1.165) is 23.6 Å². The molecule has 3 heteroatoms. The van der Waals surface area contributed by atoms with Gasteiger partial charge < -0.3 is 4.74 Å². The quantitative estimate of drug-likeness (QED) is 0.745. The molecule has 1 heterocycles. The number of hydrogen-bond donors (Lipinski definition) is 1. The van der Waals surface area contributed by atoms with Crippen LogP contribution in [0.1, 0.15) is 17.4 Å². The van der Waals surface area contributed by atoms with E-state index in [9.17, 15) is 0 Å². The first-order valence-electron chi connectivity index (χ1n) is 4.39. The fraction of sp³-hybridized carbons (Fsp3) is 0.400. The van der Waals surface area contributed by atoms with E-state index in [1.54, 1.807) is 0 Å². The van der Waals surface area contributed by atoms with Crippen LogP contribution in [0.2, 0.25) is 5.02 Å². The predicted molar refractivity (Wildman–Crippen MR) is 52.9 cm³/mol. The third-order valence-corrected chi connectivity index (χ3v) is 2.65. The first-order chi connectivity index (χ1) is 6.33. The zero-order chi connectivity index (χ0) is 9.26. The molecular formula is C10H12ClNO. The van der Waals surface area contributed by atoms with Crippen molar-refractivity contribution in [3.63, 3.8) is 0 Å². The number of fused-ring (bicyclic) bond motifs is 1. The number of ether oxygens (including phenoxy) is 1. The minimum atomic E-state index is -0.0440. The molecule has 0 radical (unpaired) electrons. The molecule has 1 aromatic carbocycles. The zero-order valence-electron chi connectivity index (χ0n) is 7.51. The number of benzene rings is 1. The van der Waals surface area contributed by atoms with Gasteiger partial charge in [0.2, 0.25) is 0 Å². The highest BCUT2D eigenvalue weighted by atomic mass is 35.5. The van der Waals surface area contributed by atoms with Gasteiger partial charge in [0.25, 0.3) is 0 Å². The SMILES string of the molecule is CN[C@@H]1OCCc2cccc(Cl)c21. The first-order valence-corrected chi connectivity index (χ1v) is 4.77. The minimum absolute atomic E-state index is 0.0440. The zero-order valence-corrected chi connectivity index (χ0v) is 8.27. The molecule has 0 spiro atoms. The molecule has 0 aliphatic carbocycles. The van der Waals surface area contributed by atoms with Gasteiger partial charge in [-0.2, -0.15) is 0 Å². The average Bonchev–Trinajstić information content (AvgIpc) is 2.17. The standard InChI is InChI=1S/C10H12ClNO/c1-12-10-9-7(5-6-13-10)3-2-4-8(9)11/h2-4,10,12H,5-6H2,1H3/t10-/m1/s1. The Morgan fingerprint density at radius 1 is 1.54 bits per heavy atom. The average molecular weight is 198 g/mol. The lowest BCUT2D eigenvalue weighted by Gasteiger charge is -2.26. The van der Waals surface area contributed by atoms with Crippen LogP contribution in [0.25, 0.3) is 0 Å². The van der Waals surface area contributed by atoms with Crippen LogP contribution >= 0.6 is 11.6 Å². The Balaban J connectivity index is 2.47. The van der Waals surface area contributed by atoms with E-state index in [4.69, 9.17) is 16.3 Å². The van der Waals surface area contributed by atoms with Crippen molar-refractivity contribution in [2.24, 2.45) is 0 Å². The molecule has 70 valence electrons. The molecule has 1 aliphatic heterocycles. The molecule has 0 bridgehead atoms. The monoisotopic (exact) mass is 197 g/mol. The molecule has 0 aromatic heterocycles. The van der Waals surface area contributed by atoms with E-state index in [-0.39, 0.29) is 6.23 Å². The maximum absolute atomic E-state index is 6.10. The summed E-state index contributed by atoms with van der Waals surface area (Å²) in [6.07, 6.45) is 0.908. The van der Waals surface area contributed by atoms with Crippen molar-refractivity contribution in [1.29, 1.82) is 0 Å². The van der Waals surface area contributed by atoms with Crippen LogP contribution in [-0.4, -0.2) is 13.7 Å². The largest absolute Gasteiger partial charge is 0.359 e. The molecule has 1 N–H and O–H groups in total. The Morgan fingerprint density at radius 2 is 2.38 bits per heavy atom. The molecular weight excluding hydrogens is 186 g/mol. The molecule has 0 amide bonds. The third-order valence-electron chi connectivity index (χ3n) is 2.32. The van der Waals surface area contributed by atoms with E-state index < -0.39 is 0 Å². The fourth-order valence-corrected chi connectivity index (χ4v) is 1.98. The topological polar surface area (TPSA) is 21.3 Å². The summed E-state index contributed by atoms with van der Waals surface area (Å²) in [6.45, 7) is 0.763. The maximum atomic E-state index is 6.10. The summed E-state index contributed by atoms with van der Waals surface area (Å²) < 4.78 is 5.54. The van der Waals surface area contributed by atoms with Crippen LogP contribution in [0, 0.1) is 0 Å². The van der Waals surface area contributed by atoms with Crippen LogP contribution < -0.4 is 5.32 Å². The Kier molecular flexibility index (Phi) is 2.54. The Bertz CT molecular complexity index is 314. The van der Waals surface area contributed by atoms with Crippen molar-refractivity contribution in [1.82, 2.24) is 5.32 Å². The Hall–Kier alpha value is -0.570. The fourth-order valence-electron chi connectivity index (χ4n) is 1.69. The van der Waals surface area contributed by atoms with Crippen molar-refractivity contribution in [2.75, 3.05) is 13.7 Å². The van der Waals surface area contributed by atoms with Crippen molar-refractivity contribution in [3.8, 4) is 0 Å². The second kappa shape index (κ2) is 3.66. The molecule has 13 heavy (non-hydrogen) atoms. The maximum Gasteiger partial charge on any atom is 0.135 e. The predicted octanol–water partition coefficient (Wildman–Crippen LogP) is 2.13. The van der Waals surface area contributed by atoms with Gasteiger partial charge in [0, 0.05) is 10.6 Å². The first kappa shape index (κ1) is 9.00. The molecule has 2 nitrogen and oxygen atoms in total. The highest BCUT2D eigenvalue weighted by Gasteiger charge is 2.21. The van der Waals surface area contributed by atoms with Crippen LogP contribution in [0.5, 0.6) is 0 Å². The second-order valence-corrected chi connectivity index (χ2v) is 3.51. The van der Waals surface area contributed by atoms with Gasteiger partial charge in [-0.05, 0) is 25.1 Å². The summed E-state index contributed by atoms with van der Waals surface area (Å²) >= 11 is 6.10. The van der Waals surface area contributed by atoms with Crippen LogP contribution in [0.4, 0.5) is 0 Å². The van der Waals surface area contributed by atoms with Crippen molar-refractivity contribution in [3.05, 3.63) is 34.3 Å². The number of halogens is 1. The highest BCUT2D eigenvalue weighted by Crippen LogP contribution is 2.30. The lowest BCUT2D eigenvalue weighted by atomic mass is 10.0. The van der Waals surface area contributed by atoms with E-state index >= 15 is 0 Å². The van der Waals surface area contributed by atoms with Gasteiger partial charge >= 0.3 is 0 Å². The molecule has 2 rings (SSSR count). The van der Waals surface area contributed by atoms with Gasteiger partial charge in [0.05, 0.1) is 6.61 Å². The van der Waals surface area contributed by atoms with Crippen LogP contribution in [0.3, 0.4) is 0 Å². The Morgan fingerprint density at radius 3 is 3.15 bits per heavy atom. The van der Waals surface area contributed by atoms with E-state index in [2.05, 4.69) is 11.4 Å². The van der Waals surface area contributed by atoms with Gasteiger partial charge in [-0.3, -0.25) is 5.32 Å². The summed E-state index contributed by atoms with van der Waals surface area (Å²) in [5.41, 5.74) is 2.39. The summed E-state index contributed by atoms with van der Waals surface area (Å²) in [7, 11) is 1.88. The van der Waals surface area contributed by atoms with Gasteiger partial charge in [-0.15, -0.1) is 0 Å². The van der Waals surface area contributed by atoms with E-state index in [1.165, 1.54) is 5.56 Å². The Labute approximate surface area is 82.9 Å². The second-order valence-electron chi connectivity index (χ2n) is 3.10. The molecule has 1 aliphatic rings. The molecule has 1 aromatic rings. The van der Waals surface area contributed by atoms with Crippen LogP contribution in [-0.2, 0) is 11.2 Å². The van der Waals surface area contributed by atoms with Crippen molar-refractivity contribution >= 4 is 11.6 Å². The number of rotatable bonds is 1. The van der Waals surface area contributed by atoms with E-state index in [0.29, 0.717) is 0 Å². The summed E-state index contributed by atoms with van der Waals surface area (Å²) in [6, 6.07) is 5.99. The highest BCUT2D eigenvalue weighted by molar-refractivity contribution is 6.31. The molecule has 0 saturated carbocycles. The molecule has 0 saturated heterocycles. The van der Waals surface area contributed by atoms with Gasteiger partial charge in [0.15, 0.2) is 0 Å². The lowest BCUT2D eigenvalue weighted by Crippen LogP contribution is -2.26. The van der Waals surface area contributed by atoms with Crippen LogP contribution in [0.15, 0.2) is 18.2 Å². The molecule has 1 atom stereocenters. The number of nitrogens with one attached hydrogen (secondary N) is 1.